The summed E-state index contributed by atoms with van der Waals surface area (Å²) in [5.41, 5.74) is 1.34. The number of carbonyl (C=O) groups is 1. The molecule has 0 saturated carbocycles. The van der Waals surface area contributed by atoms with Crippen molar-refractivity contribution in [1.82, 2.24) is 0 Å². The Bertz CT molecular complexity index is 503. The molecule has 0 aromatic heterocycles. The average molecular weight is 277 g/mol. The molecule has 1 heterocycles. The largest absolute Gasteiger partial charge is 0.390 e. The molecule has 1 aromatic rings. The highest BCUT2D eigenvalue weighted by Crippen LogP contribution is 2.32. The molecule has 0 radical (unpaired) electrons. The van der Waals surface area contributed by atoms with E-state index < -0.39 is 5.60 Å². The number of carbonyl (C=O) groups excluding carboxylic acids is 1. The summed E-state index contributed by atoms with van der Waals surface area (Å²) in [4.78, 5) is 12.4. The quantitative estimate of drug-likeness (QED) is 0.888. The molecule has 102 valence electrons. The van der Waals surface area contributed by atoms with Crippen molar-refractivity contribution in [2.75, 3.05) is 11.1 Å². The van der Waals surface area contributed by atoms with Crippen LogP contribution in [0, 0.1) is 0 Å². The Labute approximate surface area is 118 Å². The second kappa shape index (κ2) is 5.80. The first-order valence-electron chi connectivity index (χ1n) is 6.40. The van der Waals surface area contributed by atoms with Crippen LogP contribution in [0.2, 0.25) is 0 Å². The Morgan fingerprint density at radius 2 is 2.26 bits per heavy atom. The summed E-state index contributed by atoms with van der Waals surface area (Å²) in [7, 11) is 0. The average Bonchev–Trinajstić information content (AvgIpc) is 2.33. The zero-order valence-corrected chi connectivity index (χ0v) is 12.1. The van der Waals surface area contributed by atoms with Gasteiger partial charge in [-0.2, -0.15) is 0 Å². The van der Waals surface area contributed by atoms with Crippen LogP contribution in [0.5, 0.6) is 0 Å². The zero-order valence-electron chi connectivity index (χ0n) is 11.3. The number of benzene rings is 1. The number of aliphatic hydroxyl groups is 1. The van der Waals surface area contributed by atoms with E-state index in [1.165, 1.54) is 0 Å². The number of thioether (sulfide) groups is 1. The first-order valence-corrected chi connectivity index (χ1v) is 7.38. The first-order chi connectivity index (χ1) is 8.94. The summed E-state index contributed by atoms with van der Waals surface area (Å²) in [6.07, 6.45) is 5.65. The van der Waals surface area contributed by atoms with E-state index >= 15 is 0 Å². The van der Waals surface area contributed by atoms with Gasteiger partial charge >= 0.3 is 0 Å². The van der Waals surface area contributed by atoms with E-state index in [1.54, 1.807) is 11.8 Å². The Kier molecular flexibility index (Phi) is 4.32. The van der Waals surface area contributed by atoms with Gasteiger partial charge in [-0.15, -0.1) is 11.8 Å². The molecule has 0 fully saturated rings. The second-order valence-corrected chi connectivity index (χ2v) is 6.36. The van der Waals surface area contributed by atoms with Gasteiger partial charge in [0, 0.05) is 4.90 Å². The molecule has 19 heavy (non-hydrogen) atoms. The molecule has 1 amide bonds. The molecule has 4 heteroatoms. The molecular formula is C15H19NO2S. The van der Waals surface area contributed by atoms with Gasteiger partial charge in [0.1, 0.15) is 0 Å². The smallest absolute Gasteiger partial charge is 0.234 e. The summed E-state index contributed by atoms with van der Waals surface area (Å²) in [5, 5.41) is 12.5. The van der Waals surface area contributed by atoms with Gasteiger partial charge in [-0.05, 0) is 44.4 Å². The van der Waals surface area contributed by atoms with Gasteiger partial charge in [-0.1, -0.05) is 18.2 Å². The van der Waals surface area contributed by atoms with Gasteiger partial charge in [0.05, 0.1) is 17.0 Å². The SMILES string of the molecule is CC(C)(O)CC/C=C/c1ccc2c(c1)NC(=O)CS2. The summed E-state index contributed by atoms with van der Waals surface area (Å²) in [6.45, 7) is 3.62. The molecule has 0 bridgehead atoms. The summed E-state index contributed by atoms with van der Waals surface area (Å²) < 4.78 is 0. The lowest BCUT2D eigenvalue weighted by Gasteiger charge is -2.16. The third-order valence-corrected chi connectivity index (χ3v) is 3.94. The van der Waals surface area contributed by atoms with Crippen molar-refractivity contribution < 1.29 is 9.90 Å². The molecular weight excluding hydrogens is 258 g/mol. The van der Waals surface area contributed by atoms with Crippen LogP contribution >= 0.6 is 11.8 Å². The molecule has 2 rings (SSSR count). The molecule has 1 aromatic carbocycles. The fraction of sp³-hybridized carbons (Fsp3) is 0.400. The Morgan fingerprint density at radius 3 is 3.00 bits per heavy atom. The van der Waals surface area contributed by atoms with Gasteiger partial charge in [-0.25, -0.2) is 0 Å². The lowest BCUT2D eigenvalue weighted by atomic mass is 10.0. The molecule has 1 aliphatic rings. The highest BCUT2D eigenvalue weighted by molar-refractivity contribution is 8.00. The summed E-state index contributed by atoms with van der Waals surface area (Å²) >= 11 is 1.57. The van der Waals surface area contributed by atoms with Crippen molar-refractivity contribution in [2.45, 2.75) is 37.2 Å². The van der Waals surface area contributed by atoms with E-state index in [2.05, 4.69) is 11.4 Å². The predicted octanol–water partition coefficient (Wildman–Crippen LogP) is 3.30. The van der Waals surface area contributed by atoms with E-state index in [1.807, 2.05) is 38.1 Å². The van der Waals surface area contributed by atoms with Crippen LogP contribution in [0.15, 0.2) is 29.2 Å². The third kappa shape index (κ3) is 4.40. The van der Waals surface area contributed by atoms with Crippen LogP contribution in [0.4, 0.5) is 5.69 Å². The maximum atomic E-state index is 11.3. The zero-order chi connectivity index (χ0) is 13.9. The van der Waals surface area contributed by atoms with Gasteiger partial charge in [0.2, 0.25) is 5.91 Å². The van der Waals surface area contributed by atoms with Crippen molar-refractivity contribution in [1.29, 1.82) is 0 Å². The van der Waals surface area contributed by atoms with Crippen LogP contribution in [0.25, 0.3) is 6.08 Å². The van der Waals surface area contributed by atoms with Crippen LogP contribution in [0.1, 0.15) is 32.3 Å². The highest BCUT2D eigenvalue weighted by Gasteiger charge is 2.14. The van der Waals surface area contributed by atoms with E-state index in [0.29, 0.717) is 5.75 Å². The van der Waals surface area contributed by atoms with E-state index in [9.17, 15) is 9.90 Å². The highest BCUT2D eigenvalue weighted by atomic mass is 32.2. The van der Waals surface area contributed by atoms with Gasteiger partial charge < -0.3 is 10.4 Å². The molecule has 0 aliphatic carbocycles. The van der Waals surface area contributed by atoms with Crippen LogP contribution < -0.4 is 5.32 Å². The Morgan fingerprint density at radius 1 is 1.47 bits per heavy atom. The molecule has 3 nitrogen and oxygen atoms in total. The molecule has 0 saturated heterocycles. The number of amides is 1. The maximum absolute atomic E-state index is 11.3. The van der Waals surface area contributed by atoms with Crippen molar-refractivity contribution in [3.63, 3.8) is 0 Å². The van der Waals surface area contributed by atoms with E-state index in [-0.39, 0.29) is 5.91 Å². The van der Waals surface area contributed by atoms with Crippen LogP contribution in [-0.2, 0) is 4.79 Å². The predicted molar refractivity (Wildman–Crippen MR) is 80.4 cm³/mol. The van der Waals surface area contributed by atoms with E-state index in [4.69, 9.17) is 0 Å². The number of fused-ring (bicyclic) bond motifs is 1. The topological polar surface area (TPSA) is 49.3 Å². The fourth-order valence-corrected chi connectivity index (χ4v) is 2.65. The number of hydrogen-bond acceptors (Lipinski definition) is 3. The number of rotatable bonds is 4. The lowest BCUT2D eigenvalue weighted by molar-refractivity contribution is -0.113. The van der Waals surface area contributed by atoms with Gasteiger partial charge in [0.15, 0.2) is 0 Å². The first kappa shape index (κ1) is 14.2. The number of hydrogen-bond donors (Lipinski definition) is 2. The minimum Gasteiger partial charge on any atom is -0.390 e. The van der Waals surface area contributed by atoms with Crippen LogP contribution in [-0.4, -0.2) is 22.4 Å². The minimum atomic E-state index is -0.620. The maximum Gasteiger partial charge on any atom is 0.234 e. The lowest BCUT2D eigenvalue weighted by Crippen LogP contribution is -2.18. The van der Waals surface area contributed by atoms with Crippen molar-refractivity contribution >= 4 is 29.4 Å². The Hall–Kier alpha value is -1.26. The molecule has 2 N–H and O–H groups in total. The molecule has 0 unspecified atom stereocenters. The standard InChI is InChI=1S/C15H19NO2S/c1-15(2,18)8-4-3-5-11-6-7-13-12(9-11)16-14(17)10-19-13/h3,5-7,9,18H,4,8,10H2,1-2H3,(H,16,17)/b5-3+. The number of allylic oxidation sites excluding steroid dienone is 1. The molecule has 1 aliphatic heterocycles. The number of anilines is 1. The number of nitrogens with one attached hydrogen (secondary N) is 1. The summed E-state index contributed by atoms with van der Waals surface area (Å²) in [5.74, 6) is 0.550. The Balaban J connectivity index is 2.00. The van der Waals surface area contributed by atoms with Gasteiger partial charge in [-0.3, -0.25) is 4.79 Å². The van der Waals surface area contributed by atoms with E-state index in [0.717, 1.165) is 29.0 Å². The summed E-state index contributed by atoms with van der Waals surface area (Å²) in [6, 6.07) is 6.07. The normalized spacial score (nSPS) is 15.4. The van der Waals surface area contributed by atoms with Gasteiger partial charge in [0.25, 0.3) is 0 Å². The minimum absolute atomic E-state index is 0.0562. The second-order valence-electron chi connectivity index (χ2n) is 5.35. The van der Waals surface area contributed by atoms with Crippen molar-refractivity contribution in [3.8, 4) is 0 Å². The van der Waals surface area contributed by atoms with Crippen LogP contribution in [0.3, 0.4) is 0 Å². The molecule has 0 atom stereocenters. The van der Waals surface area contributed by atoms with Crippen molar-refractivity contribution in [2.24, 2.45) is 0 Å². The third-order valence-electron chi connectivity index (χ3n) is 2.87. The fourth-order valence-electron chi connectivity index (χ4n) is 1.86. The van der Waals surface area contributed by atoms with Crippen molar-refractivity contribution in [3.05, 3.63) is 29.8 Å². The monoisotopic (exact) mass is 277 g/mol. The molecule has 0 spiro atoms.